The van der Waals surface area contributed by atoms with Crippen molar-refractivity contribution in [1.29, 1.82) is 0 Å². The lowest BCUT2D eigenvalue weighted by atomic mass is 10.1. The quantitative estimate of drug-likeness (QED) is 0.468. The van der Waals surface area contributed by atoms with Gasteiger partial charge in [-0.15, -0.1) is 0 Å². The van der Waals surface area contributed by atoms with Crippen LogP contribution in [0.3, 0.4) is 0 Å². The summed E-state index contributed by atoms with van der Waals surface area (Å²) in [4.78, 5) is 12.6. The molecule has 0 aromatic heterocycles. The molecule has 0 unspecified atom stereocenters. The van der Waals surface area contributed by atoms with Gasteiger partial charge in [0.05, 0.1) is 24.6 Å². The van der Waals surface area contributed by atoms with E-state index >= 15 is 0 Å². The number of benzene rings is 3. The SMILES string of the molecule is Cc1ccc(N(Cc2ccc(C(=O)NCc3cccc(OC(C)C)c3)cc2)S(C)(=O)=O)cc1C. The lowest BCUT2D eigenvalue weighted by Crippen LogP contribution is -2.29. The van der Waals surface area contributed by atoms with E-state index in [4.69, 9.17) is 4.74 Å². The molecule has 3 aromatic rings. The molecule has 0 aliphatic carbocycles. The Balaban J connectivity index is 1.67. The summed E-state index contributed by atoms with van der Waals surface area (Å²) < 4.78 is 32.0. The molecule has 0 saturated carbocycles. The number of aryl methyl sites for hydroxylation is 2. The molecule has 0 atom stereocenters. The fraction of sp³-hybridized carbons (Fsp3) is 0.296. The smallest absolute Gasteiger partial charge is 0.251 e. The lowest BCUT2D eigenvalue weighted by Gasteiger charge is -2.23. The number of hydrogen-bond acceptors (Lipinski definition) is 4. The number of nitrogens with one attached hydrogen (secondary N) is 1. The maximum atomic E-state index is 12.6. The first kappa shape index (κ1) is 25.3. The summed E-state index contributed by atoms with van der Waals surface area (Å²) >= 11 is 0. The summed E-state index contributed by atoms with van der Waals surface area (Å²) in [6.07, 6.45) is 1.28. The first-order valence-corrected chi connectivity index (χ1v) is 13.1. The van der Waals surface area contributed by atoms with E-state index in [9.17, 15) is 13.2 Å². The molecule has 7 heteroatoms. The molecule has 0 saturated heterocycles. The van der Waals surface area contributed by atoms with Gasteiger partial charge in [-0.1, -0.05) is 30.3 Å². The standard InChI is InChI=1S/C27H32N2O4S/c1-19(2)33-26-8-6-7-23(16-26)17-28-27(30)24-12-10-22(11-13-24)18-29(34(5,31)32)25-14-9-20(3)21(4)15-25/h6-16,19H,17-18H2,1-5H3,(H,28,30). The Morgan fingerprint density at radius 1 is 0.941 bits per heavy atom. The molecule has 0 heterocycles. The minimum Gasteiger partial charge on any atom is -0.491 e. The van der Waals surface area contributed by atoms with Crippen molar-refractivity contribution in [2.75, 3.05) is 10.6 Å². The average molecular weight is 481 g/mol. The topological polar surface area (TPSA) is 75.7 Å². The summed E-state index contributed by atoms with van der Waals surface area (Å²) in [5.74, 6) is 0.571. The Labute approximate surface area is 202 Å². The summed E-state index contributed by atoms with van der Waals surface area (Å²) in [5, 5.41) is 2.92. The second-order valence-electron chi connectivity index (χ2n) is 8.73. The summed E-state index contributed by atoms with van der Waals surface area (Å²) in [5.41, 5.74) is 5.00. The molecule has 0 aliphatic rings. The Kier molecular flexibility index (Phi) is 7.99. The fourth-order valence-electron chi connectivity index (χ4n) is 3.49. The number of anilines is 1. The molecule has 1 N–H and O–H groups in total. The zero-order chi connectivity index (χ0) is 24.9. The number of sulfonamides is 1. The van der Waals surface area contributed by atoms with E-state index in [0.29, 0.717) is 17.8 Å². The third-order valence-electron chi connectivity index (χ3n) is 5.44. The Bertz CT molecular complexity index is 1250. The van der Waals surface area contributed by atoms with E-state index in [0.717, 1.165) is 28.0 Å². The van der Waals surface area contributed by atoms with Gasteiger partial charge in [0.15, 0.2) is 0 Å². The minimum atomic E-state index is -3.48. The van der Waals surface area contributed by atoms with Gasteiger partial charge >= 0.3 is 0 Å². The predicted octanol–water partition coefficient (Wildman–Crippen LogP) is 4.99. The van der Waals surface area contributed by atoms with Crippen molar-refractivity contribution >= 4 is 21.6 Å². The Hall–Kier alpha value is -3.32. The minimum absolute atomic E-state index is 0.0806. The van der Waals surface area contributed by atoms with Gasteiger partial charge in [0, 0.05) is 12.1 Å². The van der Waals surface area contributed by atoms with E-state index in [2.05, 4.69) is 5.32 Å². The maximum absolute atomic E-state index is 12.6. The molecule has 0 bridgehead atoms. The highest BCUT2D eigenvalue weighted by atomic mass is 32.2. The molecular weight excluding hydrogens is 448 g/mol. The molecule has 1 amide bonds. The largest absolute Gasteiger partial charge is 0.491 e. The van der Waals surface area contributed by atoms with E-state index in [1.807, 2.05) is 70.2 Å². The van der Waals surface area contributed by atoms with E-state index in [-0.39, 0.29) is 18.6 Å². The van der Waals surface area contributed by atoms with E-state index < -0.39 is 10.0 Å². The number of nitrogens with zero attached hydrogens (tertiary/aromatic N) is 1. The predicted molar refractivity (Wildman–Crippen MR) is 137 cm³/mol. The van der Waals surface area contributed by atoms with Crippen molar-refractivity contribution in [2.45, 2.75) is 46.9 Å². The van der Waals surface area contributed by atoms with Crippen LogP contribution >= 0.6 is 0 Å². The van der Waals surface area contributed by atoms with Crippen LogP contribution in [-0.2, 0) is 23.1 Å². The van der Waals surface area contributed by atoms with Gasteiger partial charge in [-0.25, -0.2) is 8.42 Å². The van der Waals surface area contributed by atoms with Gasteiger partial charge in [-0.2, -0.15) is 0 Å². The second-order valence-corrected chi connectivity index (χ2v) is 10.6. The molecule has 0 spiro atoms. The van der Waals surface area contributed by atoms with Gasteiger partial charge in [0.1, 0.15) is 5.75 Å². The molecule has 180 valence electrons. The molecule has 0 fully saturated rings. The highest BCUT2D eigenvalue weighted by molar-refractivity contribution is 7.92. The van der Waals surface area contributed by atoms with Crippen molar-refractivity contribution in [3.63, 3.8) is 0 Å². The molecular formula is C27H32N2O4S. The first-order valence-electron chi connectivity index (χ1n) is 11.2. The van der Waals surface area contributed by atoms with Crippen LogP contribution in [0, 0.1) is 13.8 Å². The van der Waals surface area contributed by atoms with Crippen molar-refractivity contribution in [2.24, 2.45) is 0 Å². The molecule has 34 heavy (non-hydrogen) atoms. The highest BCUT2D eigenvalue weighted by Crippen LogP contribution is 2.23. The van der Waals surface area contributed by atoms with Gasteiger partial charge < -0.3 is 10.1 Å². The second kappa shape index (κ2) is 10.7. The third kappa shape index (κ3) is 6.84. The van der Waals surface area contributed by atoms with Crippen molar-refractivity contribution in [3.8, 4) is 5.75 Å². The van der Waals surface area contributed by atoms with Crippen LogP contribution in [-0.4, -0.2) is 26.7 Å². The van der Waals surface area contributed by atoms with Gasteiger partial charge in [0.2, 0.25) is 10.0 Å². The third-order valence-corrected chi connectivity index (χ3v) is 6.58. The highest BCUT2D eigenvalue weighted by Gasteiger charge is 2.18. The van der Waals surface area contributed by atoms with Crippen molar-refractivity contribution < 1.29 is 17.9 Å². The Morgan fingerprint density at radius 2 is 1.65 bits per heavy atom. The number of carbonyl (C=O) groups excluding carboxylic acids is 1. The van der Waals surface area contributed by atoms with Crippen molar-refractivity contribution in [3.05, 3.63) is 94.5 Å². The van der Waals surface area contributed by atoms with Crippen LogP contribution in [0.1, 0.15) is 46.5 Å². The van der Waals surface area contributed by atoms with Gasteiger partial charge in [-0.05, 0) is 86.3 Å². The summed E-state index contributed by atoms with van der Waals surface area (Å²) in [6, 6.07) is 20.2. The number of hydrogen-bond donors (Lipinski definition) is 1. The zero-order valence-corrected chi connectivity index (χ0v) is 21.1. The van der Waals surface area contributed by atoms with Crippen LogP contribution < -0.4 is 14.4 Å². The van der Waals surface area contributed by atoms with Crippen LogP contribution in [0.5, 0.6) is 5.75 Å². The van der Waals surface area contributed by atoms with Gasteiger partial charge in [0.25, 0.3) is 5.91 Å². The molecule has 3 rings (SSSR count). The lowest BCUT2D eigenvalue weighted by molar-refractivity contribution is 0.0950. The summed E-state index contributed by atoms with van der Waals surface area (Å²) in [6.45, 7) is 8.45. The van der Waals surface area contributed by atoms with E-state index in [1.54, 1.807) is 24.3 Å². The van der Waals surface area contributed by atoms with Crippen LogP contribution in [0.25, 0.3) is 0 Å². The van der Waals surface area contributed by atoms with E-state index in [1.165, 1.54) is 10.6 Å². The molecule has 3 aromatic carbocycles. The average Bonchev–Trinajstić information content (AvgIpc) is 2.77. The zero-order valence-electron chi connectivity index (χ0n) is 20.3. The number of rotatable bonds is 9. The monoisotopic (exact) mass is 480 g/mol. The molecule has 0 aliphatic heterocycles. The molecule has 6 nitrogen and oxygen atoms in total. The van der Waals surface area contributed by atoms with Crippen molar-refractivity contribution in [1.82, 2.24) is 5.32 Å². The molecule has 0 radical (unpaired) electrons. The normalized spacial score (nSPS) is 11.4. The summed E-state index contributed by atoms with van der Waals surface area (Å²) in [7, 11) is -3.48. The van der Waals surface area contributed by atoms with Crippen LogP contribution in [0.4, 0.5) is 5.69 Å². The van der Waals surface area contributed by atoms with Crippen LogP contribution in [0.15, 0.2) is 66.7 Å². The number of amides is 1. The number of carbonyl (C=O) groups is 1. The first-order chi connectivity index (χ1) is 16.0. The van der Waals surface area contributed by atoms with Gasteiger partial charge in [-0.3, -0.25) is 9.10 Å². The van der Waals surface area contributed by atoms with Crippen LogP contribution in [0.2, 0.25) is 0 Å². The Morgan fingerprint density at radius 3 is 2.26 bits per heavy atom. The fourth-order valence-corrected chi connectivity index (χ4v) is 4.37. The number of ether oxygens (including phenoxy) is 1. The maximum Gasteiger partial charge on any atom is 0.251 e.